The molecule has 0 aliphatic heterocycles. The van der Waals surface area contributed by atoms with Crippen LogP contribution in [0.1, 0.15) is 4.88 Å². The van der Waals surface area contributed by atoms with Crippen LogP contribution >= 0.6 is 11.3 Å². The average molecular weight is 205 g/mol. The Morgan fingerprint density at radius 2 is 2.07 bits per heavy atom. The first kappa shape index (κ1) is 9.09. The van der Waals surface area contributed by atoms with Crippen molar-refractivity contribution in [1.82, 2.24) is 0 Å². The van der Waals surface area contributed by atoms with Gasteiger partial charge in [0.1, 0.15) is 5.75 Å². The van der Waals surface area contributed by atoms with Crippen LogP contribution < -0.4 is 5.73 Å². The van der Waals surface area contributed by atoms with Crippen molar-refractivity contribution in [1.29, 1.82) is 0 Å². The van der Waals surface area contributed by atoms with Crippen molar-refractivity contribution < 1.29 is 5.11 Å². The van der Waals surface area contributed by atoms with Gasteiger partial charge in [-0.3, -0.25) is 0 Å². The molecular weight excluding hydrogens is 194 g/mol. The SMILES string of the molecule is Cc1cc(-c2cc(N)ccc2O)cs1. The fourth-order valence-corrected chi connectivity index (χ4v) is 2.07. The third-order valence-electron chi connectivity index (χ3n) is 2.06. The third-order valence-corrected chi connectivity index (χ3v) is 2.92. The molecule has 1 aromatic heterocycles. The topological polar surface area (TPSA) is 46.2 Å². The molecule has 0 aliphatic carbocycles. The van der Waals surface area contributed by atoms with Crippen molar-refractivity contribution in [2.75, 3.05) is 5.73 Å². The molecule has 0 aliphatic rings. The molecule has 3 N–H and O–H groups in total. The predicted octanol–water partition coefficient (Wildman–Crippen LogP) is 3.01. The van der Waals surface area contributed by atoms with Crippen LogP contribution in [0, 0.1) is 6.92 Å². The van der Waals surface area contributed by atoms with E-state index in [4.69, 9.17) is 5.73 Å². The summed E-state index contributed by atoms with van der Waals surface area (Å²) in [5.41, 5.74) is 8.16. The molecule has 0 saturated carbocycles. The number of thiophene rings is 1. The molecular formula is C11H11NOS. The van der Waals surface area contributed by atoms with Gasteiger partial charge in [0.2, 0.25) is 0 Å². The van der Waals surface area contributed by atoms with E-state index in [-0.39, 0.29) is 5.75 Å². The van der Waals surface area contributed by atoms with E-state index in [9.17, 15) is 5.11 Å². The van der Waals surface area contributed by atoms with Crippen molar-refractivity contribution in [2.24, 2.45) is 0 Å². The number of phenols is 1. The van der Waals surface area contributed by atoms with E-state index in [2.05, 4.69) is 0 Å². The van der Waals surface area contributed by atoms with Crippen LogP contribution in [0.4, 0.5) is 5.69 Å². The highest BCUT2D eigenvalue weighted by Crippen LogP contribution is 2.33. The van der Waals surface area contributed by atoms with Crippen LogP contribution in [0.3, 0.4) is 0 Å². The molecule has 72 valence electrons. The molecule has 0 saturated heterocycles. The number of anilines is 1. The predicted molar refractivity (Wildman–Crippen MR) is 60.6 cm³/mol. The zero-order chi connectivity index (χ0) is 10.1. The van der Waals surface area contributed by atoms with Gasteiger partial charge in [-0.25, -0.2) is 0 Å². The lowest BCUT2D eigenvalue weighted by Gasteiger charge is -2.02. The number of hydrogen-bond donors (Lipinski definition) is 2. The lowest BCUT2D eigenvalue weighted by Crippen LogP contribution is -1.85. The number of nitrogen functional groups attached to an aromatic ring is 1. The summed E-state index contributed by atoms with van der Waals surface area (Å²) in [6.07, 6.45) is 0. The normalized spacial score (nSPS) is 10.4. The number of nitrogens with two attached hydrogens (primary N) is 1. The summed E-state index contributed by atoms with van der Waals surface area (Å²) in [6, 6.07) is 7.14. The van der Waals surface area contributed by atoms with Gasteiger partial charge >= 0.3 is 0 Å². The van der Waals surface area contributed by atoms with E-state index >= 15 is 0 Å². The number of hydrogen-bond acceptors (Lipinski definition) is 3. The molecule has 0 radical (unpaired) electrons. The van der Waals surface area contributed by atoms with Gasteiger partial charge in [0.25, 0.3) is 0 Å². The Bertz CT molecular complexity index is 462. The van der Waals surface area contributed by atoms with Crippen molar-refractivity contribution in [2.45, 2.75) is 6.92 Å². The Hall–Kier alpha value is -1.48. The highest BCUT2D eigenvalue weighted by Gasteiger charge is 2.05. The Labute approximate surface area is 86.6 Å². The average Bonchev–Trinajstić information content (AvgIpc) is 2.56. The molecule has 1 aromatic carbocycles. The first-order chi connectivity index (χ1) is 6.66. The molecule has 14 heavy (non-hydrogen) atoms. The highest BCUT2D eigenvalue weighted by atomic mass is 32.1. The lowest BCUT2D eigenvalue weighted by molar-refractivity contribution is 0.477. The second kappa shape index (κ2) is 3.35. The fourth-order valence-electron chi connectivity index (χ4n) is 1.37. The molecule has 0 spiro atoms. The van der Waals surface area contributed by atoms with Crippen molar-refractivity contribution in [3.05, 3.63) is 34.5 Å². The highest BCUT2D eigenvalue weighted by molar-refractivity contribution is 7.10. The van der Waals surface area contributed by atoms with Crippen LogP contribution in [0.2, 0.25) is 0 Å². The van der Waals surface area contributed by atoms with Crippen LogP contribution in [-0.4, -0.2) is 5.11 Å². The zero-order valence-corrected chi connectivity index (χ0v) is 8.64. The van der Waals surface area contributed by atoms with Gasteiger partial charge in [0.15, 0.2) is 0 Å². The maximum Gasteiger partial charge on any atom is 0.123 e. The molecule has 0 unspecified atom stereocenters. The molecule has 0 bridgehead atoms. The van der Waals surface area contributed by atoms with Crippen molar-refractivity contribution in [3.63, 3.8) is 0 Å². The van der Waals surface area contributed by atoms with Crippen molar-refractivity contribution in [3.8, 4) is 16.9 Å². The molecule has 0 amide bonds. The van der Waals surface area contributed by atoms with Gasteiger partial charge in [-0.15, -0.1) is 11.3 Å². The van der Waals surface area contributed by atoms with E-state index < -0.39 is 0 Å². The lowest BCUT2D eigenvalue weighted by atomic mass is 10.1. The van der Waals surface area contributed by atoms with Gasteiger partial charge in [-0.05, 0) is 42.1 Å². The molecule has 0 fully saturated rings. The van der Waals surface area contributed by atoms with Gasteiger partial charge in [0.05, 0.1) is 0 Å². The summed E-state index contributed by atoms with van der Waals surface area (Å²) < 4.78 is 0. The van der Waals surface area contributed by atoms with E-state index in [1.807, 2.05) is 18.4 Å². The van der Waals surface area contributed by atoms with Crippen LogP contribution in [0.25, 0.3) is 11.1 Å². The Morgan fingerprint density at radius 3 is 2.71 bits per heavy atom. The number of aromatic hydroxyl groups is 1. The summed E-state index contributed by atoms with van der Waals surface area (Å²) in [4.78, 5) is 1.22. The number of aryl methyl sites for hydroxylation is 1. The van der Waals surface area contributed by atoms with Gasteiger partial charge in [-0.1, -0.05) is 0 Å². The minimum Gasteiger partial charge on any atom is -0.507 e. The third kappa shape index (κ3) is 1.59. The second-order valence-electron chi connectivity index (χ2n) is 3.22. The summed E-state index contributed by atoms with van der Waals surface area (Å²) in [5, 5.41) is 11.7. The van der Waals surface area contributed by atoms with Gasteiger partial charge < -0.3 is 10.8 Å². The Balaban J connectivity index is 2.55. The maximum absolute atomic E-state index is 9.65. The molecule has 2 nitrogen and oxygen atoms in total. The van der Waals surface area contributed by atoms with E-state index in [1.165, 1.54) is 4.88 Å². The minimum absolute atomic E-state index is 0.275. The summed E-state index contributed by atoms with van der Waals surface area (Å²) in [5.74, 6) is 0.275. The summed E-state index contributed by atoms with van der Waals surface area (Å²) in [6.45, 7) is 2.04. The summed E-state index contributed by atoms with van der Waals surface area (Å²) >= 11 is 1.66. The van der Waals surface area contributed by atoms with E-state index in [1.54, 1.807) is 29.5 Å². The maximum atomic E-state index is 9.65. The van der Waals surface area contributed by atoms with Crippen LogP contribution in [0.5, 0.6) is 5.75 Å². The Morgan fingerprint density at radius 1 is 1.29 bits per heavy atom. The van der Waals surface area contributed by atoms with Gasteiger partial charge in [0, 0.05) is 16.1 Å². The summed E-state index contributed by atoms with van der Waals surface area (Å²) in [7, 11) is 0. The molecule has 2 rings (SSSR count). The number of benzene rings is 1. The van der Waals surface area contributed by atoms with Gasteiger partial charge in [-0.2, -0.15) is 0 Å². The Kier molecular flexibility index (Phi) is 2.17. The quantitative estimate of drug-likeness (QED) is 0.555. The smallest absolute Gasteiger partial charge is 0.123 e. The zero-order valence-electron chi connectivity index (χ0n) is 7.82. The first-order valence-corrected chi connectivity index (χ1v) is 5.19. The number of rotatable bonds is 1. The molecule has 2 aromatic rings. The standard InChI is InChI=1S/C11H11NOS/c1-7-4-8(6-14-7)10-5-9(12)2-3-11(10)13/h2-6,13H,12H2,1H3. The number of phenolic OH excluding ortho intramolecular Hbond substituents is 1. The largest absolute Gasteiger partial charge is 0.507 e. The van der Waals surface area contributed by atoms with E-state index in [0.29, 0.717) is 5.69 Å². The van der Waals surface area contributed by atoms with Crippen LogP contribution in [0.15, 0.2) is 29.6 Å². The van der Waals surface area contributed by atoms with Crippen LogP contribution in [-0.2, 0) is 0 Å². The molecule has 3 heteroatoms. The van der Waals surface area contributed by atoms with E-state index in [0.717, 1.165) is 11.1 Å². The van der Waals surface area contributed by atoms with Crippen molar-refractivity contribution >= 4 is 17.0 Å². The monoisotopic (exact) mass is 205 g/mol. The minimum atomic E-state index is 0.275. The molecule has 1 heterocycles. The second-order valence-corrected chi connectivity index (χ2v) is 4.34. The molecule has 0 atom stereocenters. The fraction of sp³-hybridized carbons (Fsp3) is 0.0909. The first-order valence-electron chi connectivity index (χ1n) is 4.31.